The van der Waals surface area contributed by atoms with E-state index in [1.807, 2.05) is 25.1 Å². The van der Waals surface area contributed by atoms with Crippen LogP contribution < -0.4 is 16.3 Å². The summed E-state index contributed by atoms with van der Waals surface area (Å²) in [6.45, 7) is 3.62. The number of H-pyrrole nitrogens is 2. The van der Waals surface area contributed by atoms with Crippen LogP contribution in [0.5, 0.6) is 0 Å². The Morgan fingerprint density at radius 3 is 2.95 bits per heavy atom. The van der Waals surface area contributed by atoms with E-state index >= 15 is 0 Å². The number of imidazole rings is 1. The van der Waals surface area contributed by atoms with Crippen LogP contribution in [0.3, 0.4) is 0 Å². The van der Waals surface area contributed by atoms with Crippen molar-refractivity contribution in [3.05, 3.63) is 34.2 Å². The summed E-state index contributed by atoms with van der Waals surface area (Å²) in [6, 6.07) is 5.12. The van der Waals surface area contributed by atoms with Crippen LogP contribution in [-0.2, 0) is 9.53 Å². The van der Waals surface area contributed by atoms with E-state index in [0.29, 0.717) is 19.8 Å². The topological polar surface area (TPSA) is 99.0 Å². The van der Waals surface area contributed by atoms with Gasteiger partial charge in [0.1, 0.15) is 6.04 Å². The Bertz CT molecular complexity index is 700. The summed E-state index contributed by atoms with van der Waals surface area (Å²) in [7, 11) is 0. The number of hydrogen-bond acceptors (Lipinski definition) is 4. The molecular weight excluding hydrogens is 272 g/mol. The van der Waals surface area contributed by atoms with Crippen molar-refractivity contribution < 1.29 is 9.53 Å². The summed E-state index contributed by atoms with van der Waals surface area (Å²) in [6.07, 6.45) is 0. The Labute approximate surface area is 121 Å². The summed E-state index contributed by atoms with van der Waals surface area (Å²) < 4.78 is 5.28. The fourth-order valence-electron chi connectivity index (χ4n) is 2.45. The van der Waals surface area contributed by atoms with Crippen LogP contribution >= 0.6 is 0 Å². The third-order valence-electron chi connectivity index (χ3n) is 3.64. The number of nitrogens with one attached hydrogen (secondary N) is 4. The molecule has 3 rings (SSSR count). The molecule has 0 spiro atoms. The van der Waals surface area contributed by atoms with Crippen molar-refractivity contribution in [2.75, 3.05) is 19.8 Å². The Balaban J connectivity index is 1.72. The lowest BCUT2D eigenvalue weighted by molar-refractivity contribution is -0.126. The number of fused-ring (bicyclic) bond motifs is 1. The molecule has 1 fully saturated rings. The van der Waals surface area contributed by atoms with Crippen LogP contribution in [0.2, 0.25) is 0 Å². The zero-order chi connectivity index (χ0) is 14.8. The maximum absolute atomic E-state index is 12.1. The van der Waals surface area contributed by atoms with Crippen molar-refractivity contribution in [3.63, 3.8) is 0 Å². The van der Waals surface area contributed by atoms with Crippen molar-refractivity contribution >= 4 is 16.9 Å². The summed E-state index contributed by atoms with van der Waals surface area (Å²) >= 11 is 0. The Morgan fingerprint density at radius 2 is 2.19 bits per heavy atom. The molecule has 2 aromatic rings. The molecule has 1 aromatic heterocycles. The maximum atomic E-state index is 12.1. The quantitative estimate of drug-likeness (QED) is 0.640. The van der Waals surface area contributed by atoms with Crippen molar-refractivity contribution in [1.82, 2.24) is 20.6 Å². The number of amides is 1. The van der Waals surface area contributed by atoms with Crippen molar-refractivity contribution in [1.29, 1.82) is 0 Å². The molecular formula is C14H18N4O3. The highest BCUT2D eigenvalue weighted by molar-refractivity contribution is 5.82. The maximum Gasteiger partial charge on any atom is 0.323 e. The second-order valence-electron chi connectivity index (χ2n) is 5.20. The largest absolute Gasteiger partial charge is 0.378 e. The predicted molar refractivity (Wildman–Crippen MR) is 78.1 cm³/mol. The SMILES string of the molecule is CC(NC(=O)C1COCCN1)c1ccc2[nH]c(=O)[nH]c2c1. The number of hydrogen-bond donors (Lipinski definition) is 4. The van der Waals surface area contributed by atoms with Gasteiger partial charge in [0.15, 0.2) is 0 Å². The minimum atomic E-state index is -0.308. The first-order valence-corrected chi connectivity index (χ1v) is 6.97. The van der Waals surface area contributed by atoms with Gasteiger partial charge in [-0.3, -0.25) is 4.79 Å². The van der Waals surface area contributed by atoms with Gasteiger partial charge in [-0.2, -0.15) is 0 Å². The fraction of sp³-hybridized carbons (Fsp3) is 0.429. The number of benzene rings is 1. The molecule has 1 saturated heterocycles. The Morgan fingerprint density at radius 1 is 1.38 bits per heavy atom. The summed E-state index contributed by atoms with van der Waals surface area (Å²) in [5, 5.41) is 6.07. The van der Waals surface area contributed by atoms with Gasteiger partial charge >= 0.3 is 5.69 Å². The molecule has 1 aliphatic heterocycles. The highest BCUT2D eigenvalue weighted by Gasteiger charge is 2.22. The van der Waals surface area contributed by atoms with Crippen molar-refractivity contribution in [3.8, 4) is 0 Å². The van der Waals surface area contributed by atoms with E-state index in [0.717, 1.165) is 16.6 Å². The number of aromatic nitrogens is 2. The number of carbonyl (C=O) groups is 1. The van der Waals surface area contributed by atoms with Crippen molar-refractivity contribution in [2.45, 2.75) is 19.0 Å². The molecule has 1 amide bonds. The van der Waals surface area contributed by atoms with Gasteiger partial charge in [0.25, 0.3) is 0 Å². The minimum absolute atomic E-state index is 0.0788. The van der Waals surface area contributed by atoms with Gasteiger partial charge < -0.3 is 25.3 Å². The molecule has 112 valence electrons. The number of carbonyl (C=O) groups excluding carboxylic acids is 1. The molecule has 7 nitrogen and oxygen atoms in total. The summed E-state index contributed by atoms with van der Waals surface area (Å²) in [5.41, 5.74) is 2.19. The average molecular weight is 290 g/mol. The van der Waals surface area contributed by atoms with Crippen LogP contribution in [-0.4, -0.2) is 41.7 Å². The van der Waals surface area contributed by atoms with Gasteiger partial charge in [0.05, 0.1) is 30.3 Å². The van der Waals surface area contributed by atoms with Crippen LogP contribution in [0, 0.1) is 0 Å². The lowest BCUT2D eigenvalue weighted by Gasteiger charge is -2.25. The minimum Gasteiger partial charge on any atom is -0.378 e. The summed E-state index contributed by atoms with van der Waals surface area (Å²) in [4.78, 5) is 28.8. The first-order valence-electron chi connectivity index (χ1n) is 6.97. The molecule has 2 heterocycles. The van der Waals surface area contributed by atoms with E-state index in [2.05, 4.69) is 20.6 Å². The van der Waals surface area contributed by atoms with E-state index in [9.17, 15) is 9.59 Å². The molecule has 4 N–H and O–H groups in total. The zero-order valence-corrected chi connectivity index (χ0v) is 11.7. The molecule has 0 saturated carbocycles. The molecule has 0 radical (unpaired) electrons. The van der Waals surface area contributed by atoms with Gasteiger partial charge in [0, 0.05) is 6.54 Å². The molecule has 2 unspecified atom stereocenters. The molecule has 2 atom stereocenters. The highest BCUT2D eigenvalue weighted by atomic mass is 16.5. The molecule has 0 bridgehead atoms. The van der Waals surface area contributed by atoms with Gasteiger partial charge in [-0.15, -0.1) is 0 Å². The second kappa shape index (κ2) is 5.71. The van der Waals surface area contributed by atoms with Crippen LogP contribution in [0.25, 0.3) is 11.0 Å². The average Bonchev–Trinajstić information content (AvgIpc) is 2.87. The molecule has 21 heavy (non-hydrogen) atoms. The number of aromatic amines is 2. The zero-order valence-electron chi connectivity index (χ0n) is 11.7. The molecule has 1 aromatic carbocycles. The normalized spacial score (nSPS) is 20.3. The van der Waals surface area contributed by atoms with Gasteiger partial charge in [-0.25, -0.2) is 4.79 Å². The van der Waals surface area contributed by atoms with E-state index in [1.165, 1.54) is 0 Å². The standard InChI is InChI=1S/C14H18N4O3/c1-8(16-13(19)12-7-21-5-4-15-12)9-2-3-10-11(6-9)18-14(20)17-10/h2-3,6,8,12,15H,4-5,7H2,1H3,(H,16,19)(H2,17,18,20). The molecule has 0 aliphatic carbocycles. The first kappa shape index (κ1) is 13.8. The summed E-state index contributed by atoms with van der Waals surface area (Å²) in [5.74, 6) is -0.0788. The van der Waals surface area contributed by atoms with Gasteiger partial charge in [-0.05, 0) is 24.6 Å². The molecule has 1 aliphatic rings. The third kappa shape index (κ3) is 2.98. The Kier molecular flexibility index (Phi) is 3.76. The Hall–Kier alpha value is -2.12. The van der Waals surface area contributed by atoms with Crippen LogP contribution in [0.1, 0.15) is 18.5 Å². The lowest BCUT2D eigenvalue weighted by atomic mass is 10.1. The number of rotatable bonds is 3. The smallest absolute Gasteiger partial charge is 0.323 e. The van der Waals surface area contributed by atoms with Crippen LogP contribution in [0.4, 0.5) is 0 Å². The first-order chi connectivity index (χ1) is 10.1. The van der Waals surface area contributed by atoms with Crippen LogP contribution in [0.15, 0.2) is 23.0 Å². The fourth-order valence-corrected chi connectivity index (χ4v) is 2.45. The number of morpholine rings is 1. The van der Waals surface area contributed by atoms with E-state index in [-0.39, 0.29) is 23.7 Å². The van der Waals surface area contributed by atoms with Crippen molar-refractivity contribution in [2.24, 2.45) is 0 Å². The predicted octanol–water partition coefficient (Wildman–Crippen LogP) is 0.0218. The van der Waals surface area contributed by atoms with Gasteiger partial charge in [0.2, 0.25) is 5.91 Å². The highest BCUT2D eigenvalue weighted by Crippen LogP contribution is 2.17. The third-order valence-corrected chi connectivity index (χ3v) is 3.64. The van der Waals surface area contributed by atoms with E-state index < -0.39 is 0 Å². The van der Waals surface area contributed by atoms with E-state index in [1.54, 1.807) is 0 Å². The van der Waals surface area contributed by atoms with Gasteiger partial charge in [-0.1, -0.05) is 6.07 Å². The lowest BCUT2D eigenvalue weighted by Crippen LogP contribution is -2.51. The number of ether oxygens (including phenoxy) is 1. The molecule has 7 heteroatoms. The monoisotopic (exact) mass is 290 g/mol. The second-order valence-corrected chi connectivity index (χ2v) is 5.20. The van der Waals surface area contributed by atoms with E-state index in [4.69, 9.17) is 4.74 Å².